The second-order valence-corrected chi connectivity index (χ2v) is 5.81. The van der Waals surface area contributed by atoms with Crippen molar-refractivity contribution in [3.05, 3.63) is 30.3 Å². The summed E-state index contributed by atoms with van der Waals surface area (Å²) in [6.45, 7) is 2.76. The lowest BCUT2D eigenvalue weighted by atomic mass is 10.3. The molecular formula is C16H21N3O3. The summed E-state index contributed by atoms with van der Waals surface area (Å²) in [6.07, 6.45) is 0.859. The van der Waals surface area contributed by atoms with Crippen molar-refractivity contribution in [3.63, 3.8) is 0 Å². The van der Waals surface area contributed by atoms with E-state index >= 15 is 0 Å². The van der Waals surface area contributed by atoms with E-state index in [-0.39, 0.29) is 24.6 Å². The largest absolute Gasteiger partial charge is 0.489 e. The minimum atomic E-state index is -0.0652. The van der Waals surface area contributed by atoms with Gasteiger partial charge in [0.05, 0.1) is 6.54 Å². The average molecular weight is 303 g/mol. The van der Waals surface area contributed by atoms with Crippen LogP contribution in [0.15, 0.2) is 30.3 Å². The van der Waals surface area contributed by atoms with Gasteiger partial charge >= 0.3 is 6.03 Å². The van der Waals surface area contributed by atoms with Crippen LogP contribution in [-0.4, -0.2) is 72.5 Å². The molecular weight excluding hydrogens is 282 g/mol. The Hall–Kier alpha value is -2.24. The van der Waals surface area contributed by atoms with E-state index in [1.54, 1.807) is 21.7 Å². The van der Waals surface area contributed by atoms with Crippen LogP contribution in [0.3, 0.4) is 0 Å². The van der Waals surface area contributed by atoms with Gasteiger partial charge in [-0.2, -0.15) is 0 Å². The first kappa shape index (κ1) is 14.7. The Morgan fingerprint density at radius 1 is 1.23 bits per heavy atom. The lowest BCUT2D eigenvalue weighted by Crippen LogP contribution is -2.41. The molecule has 1 atom stereocenters. The molecule has 2 saturated heterocycles. The first-order chi connectivity index (χ1) is 10.6. The summed E-state index contributed by atoms with van der Waals surface area (Å²) < 4.78 is 5.88. The van der Waals surface area contributed by atoms with Gasteiger partial charge < -0.3 is 19.4 Å². The Labute approximate surface area is 130 Å². The third kappa shape index (κ3) is 3.16. The maximum absolute atomic E-state index is 12.3. The van der Waals surface area contributed by atoms with Gasteiger partial charge in [0.25, 0.3) is 0 Å². The zero-order valence-corrected chi connectivity index (χ0v) is 12.8. The number of carbonyl (C=O) groups is 2. The maximum Gasteiger partial charge on any atom is 0.320 e. The van der Waals surface area contributed by atoms with Crippen molar-refractivity contribution < 1.29 is 14.3 Å². The lowest BCUT2D eigenvalue weighted by Gasteiger charge is -2.21. The molecule has 0 N–H and O–H groups in total. The van der Waals surface area contributed by atoms with Crippen molar-refractivity contribution in [1.29, 1.82) is 0 Å². The minimum Gasteiger partial charge on any atom is -0.489 e. The normalized spacial score (nSPS) is 21.6. The third-order valence-corrected chi connectivity index (χ3v) is 4.17. The van der Waals surface area contributed by atoms with E-state index in [1.165, 1.54) is 0 Å². The smallest absolute Gasteiger partial charge is 0.320 e. The minimum absolute atomic E-state index is 0.00260. The van der Waals surface area contributed by atoms with Crippen LogP contribution < -0.4 is 4.74 Å². The summed E-state index contributed by atoms with van der Waals surface area (Å²) in [7, 11) is 1.76. The summed E-state index contributed by atoms with van der Waals surface area (Å²) in [5, 5.41) is 0. The molecule has 6 nitrogen and oxygen atoms in total. The van der Waals surface area contributed by atoms with Gasteiger partial charge in [-0.05, 0) is 12.1 Å². The van der Waals surface area contributed by atoms with Gasteiger partial charge in [0, 0.05) is 33.1 Å². The van der Waals surface area contributed by atoms with E-state index in [9.17, 15) is 9.59 Å². The number of likely N-dealkylation sites (N-methyl/N-ethyl adjacent to an activating group) is 1. The summed E-state index contributed by atoms with van der Waals surface area (Å²) in [5.74, 6) is 0.834. The molecule has 0 saturated carbocycles. The molecule has 0 radical (unpaired) electrons. The predicted molar refractivity (Wildman–Crippen MR) is 81.7 cm³/mol. The number of para-hydroxylation sites is 1. The molecule has 1 aromatic carbocycles. The Balaban J connectivity index is 1.50. The molecule has 2 aliphatic rings. The van der Waals surface area contributed by atoms with Crippen molar-refractivity contribution in [2.45, 2.75) is 12.5 Å². The van der Waals surface area contributed by atoms with Crippen LogP contribution in [0.2, 0.25) is 0 Å². The first-order valence-electron chi connectivity index (χ1n) is 7.63. The highest BCUT2D eigenvalue weighted by molar-refractivity contribution is 5.85. The Morgan fingerprint density at radius 2 is 2.00 bits per heavy atom. The molecule has 0 aromatic heterocycles. The van der Waals surface area contributed by atoms with E-state index in [0.29, 0.717) is 26.2 Å². The van der Waals surface area contributed by atoms with Crippen LogP contribution in [-0.2, 0) is 4.79 Å². The molecule has 2 heterocycles. The van der Waals surface area contributed by atoms with Crippen molar-refractivity contribution in [2.24, 2.45) is 0 Å². The van der Waals surface area contributed by atoms with Gasteiger partial charge in [-0.1, -0.05) is 18.2 Å². The van der Waals surface area contributed by atoms with Gasteiger partial charge in [0.1, 0.15) is 18.4 Å². The molecule has 2 aliphatic heterocycles. The highest BCUT2D eigenvalue weighted by Gasteiger charge is 2.32. The fraction of sp³-hybridized carbons (Fsp3) is 0.500. The predicted octanol–water partition coefficient (Wildman–Crippen LogP) is 1.03. The summed E-state index contributed by atoms with van der Waals surface area (Å²) >= 11 is 0. The fourth-order valence-corrected chi connectivity index (χ4v) is 2.86. The first-order valence-corrected chi connectivity index (χ1v) is 7.63. The Kier molecular flexibility index (Phi) is 4.18. The molecule has 1 unspecified atom stereocenters. The Morgan fingerprint density at radius 3 is 2.68 bits per heavy atom. The number of carbonyl (C=O) groups excluding carboxylic acids is 2. The number of benzene rings is 1. The van der Waals surface area contributed by atoms with E-state index in [1.807, 2.05) is 30.3 Å². The molecule has 3 amide bonds. The number of hydrogen-bond donors (Lipinski definition) is 0. The number of amides is 3. The van der Waals surface area contributed by atoms with Crippen LogP contribution in [0.4, 0.5) is 4.79 Å². The SMILES string of the molecule is CN1CCN(CC(=O)N2CCC(Oc3ccccc3)C2)C1=O. The van der Waals surface area contributed by atoms with Gasteiger partial charge in [-0.15, -0.1) is 0 Å². The van der Waals surface area contributed by atoms with Crippen LogP contribution in [0.1, 0.15) is 6.42 Å². The topological polar surface area (TPSA) is 53.1 Å². The molecule has 118 valence electrons. The summed E-state index contributed by atoms with van der Waals surface area (Å²) in [5.41, 5.74) is 0. The monoisotopic (exact) mass is 303 g/mol. The van der Waals surface area contributed by atoms with Crippen molar-refractivity contribution >= 4 is 11.9 Å². The second kappa shape index (κ2) is 6.25. The van der Waals surface area contributed by atoms with E-state index in [2.05, 4.69) is 0 Å². The maximum atomic E-state index is 12.3. The van der Waals surface area contributed by atoms with Crippen molar-refractivity contribution in [3.8, 4) is 5.75 Å². The number of nitrogens with zero attached hydrogens (tertiary/aromatic N) is 3. The quantitative estimate of drug-likeness (QED) is 0.835. The number of urea groups is 1. The average Bonchev–Trinajstić information content (AvgIpc) is 3.10. The van der Waals surface area contributed by atoms with E-state index in [0.717, 1.165) is 12.2 Å². The van der Waals surface area contributed by atoms with Crippen molar-refractivity contribution in [1.82, 2.24) is 14.7 Å². The summed E-state index contributed by atoms with van der Waals surface area (Å²) in [4.78, 5) is 29.2. The van der Waals surface area contributed by atoms with E-state index in [4.69, 9.17) is 4.74 Å². The number of rotatable bonds is 4. The highest BCUT2D eigenvalue weighted by Crippen LogP contribution is 2.18. The third-order valence-electron chi connectivity index (χ3n) is 4.17. The highest BCUT2D eigenvalue weighted by atomic mass is 16.5. The van der Waals surface area contributed by atoms with Crippen molar-refractivity contribution in [2.75, 3.05) is 39.8 Å². The molecule has 0 spiro atoms. The molecule has 3 rings (SSSR count). The number of likely N-dealkylation sites (tertiary alicyclic amines) is 1. The molecule has 22 heavy (non-hydrogen) atoms. The second-order valence-electron chi connectivity index (χ2n) is 5.81. The van der Waals surface area contributed by atoms with Crippen LogP contribution >= 0.6 is 0 Å². The van der Waals surface area contributed by atoms with Gasteiger partial charge in [0.2, 0.25) is 5.91 Å². The molecule has 2 fully saturated rings. The van der Waals surface area contributed by atoms with Crippen LogP contribution in [0, 0.1) is 0 Å². The van der Waals surface area contributed by atoms with Crippen LogP contribution in [0.5, 0.6) is 5.75 Å². The summed E-state index contributed by atoms with van der Waals surface area (Å²) in [6, 6.07) is 9.59. The zero-order chi connectivity index (χ0) is 15.5. The molecule has 0 bridgehead atoms. The molecule has 6 heteroatoms. The number of hydrogen-bond acceptors (Lipinski definition) is 3. The molecule has 1 aromatic rings. The fourth-order valence-electron chi connectivity index (χ4n) is 2.86. The van der Waals surface area contributed by atoms with Gasteiger partial charge in [-0.3, -0.25) is 4.79 Å². The Bertz CT molecular complexity index is 549. The number of ether oxygens (including phenoxy) is 1. The molecule has 0 aliphatic carbocycles. The van der Waals surface area contributed by atoms with Crippen LogP contribution in [0.25, 0.3) is 0 Å². The van der Waals surface area contributed by atoms with Gasteiger partial charge in [-0.25, -0.2) is 4.79 Å². The standard InChI is InChI=1S/C16H21N3O3/c1-17-9-10-19(16(17)21)12-15(20)18-8-7-14(11-18)22-13-5-3-2-4-6-13/h2-6,14H,7-12H2,1H3. The zero-order valence-electron chi connectivity index (χ0n) is 12.8. The van der Waals surface area contributed by atoms with E-state index < -0.39 is 0 Å². The lowest BCUT2D eigenvalue weighted by molar-refractivity contribution is -0.130. The van der Waals surface area contributed by atoms with Gasteiger partial charge in [0.15, 0.2) is 0 Å².